The van der Waals surface area contributed by atoms with Crippen molar-refractivity contribution in [1.82, 2.24) is 4.98 Å². The zero-order valence-electron chi connectivity index (χ0n) is 13.2. The normalized spacial score (nSPS) is 10.3. The SMILES string of the molecule is O=C(Nc1c(Cl)cccc1Cl)c1ccnc(NCc2ccccc2)c1. The van der Waals surface area contributed by atoms with Gasteiger partial charge in [-0.15, -0.1) is 0 Å². The Morgan fingerprint density at radius 2 is 1.68 bits per heavy atom. The first-order chi connectivity index (χ1) is 12.1. The van der Waals surface area contributed by atoms with Crippen molar-refractivity contribution in [1.29, 1.82) is 0 Å². The quantitative estimate of drug-likeness (QED) is 0.643. The molecule has 1 aromatic heterocycles. The van der Waals surface area contributed by atoms with Crippen LogP contribution in [0.5, 0.6) is 0 Å². The van der Waals surface area contributed by atoms with Crippen molar-refractivity contribution in [3.8, 4) is 0 Å². The molecule has 3 aromatic rings. The second-order valence-electron chi connectivity index (χ2n) is 5.32. The maximum absolute atomic E-state index is 12.5. The number of amides is 1. The molecule has 126 valence electrons. The molecule has 1 heterocycles. The summed E-state index contributed by atoms with van der Waals surface area (Å²) in [6.07, 6.45) is 1.58. The Kier molecular flexibility index (Phi) is 5.53. The molecular formula is C19H15Cl2N3O. The van der Waals surface area contributed by atoms with Crippen molar-refractivity contribution >= 4 is 40.6 Å². The smallest absolute Gasteiger partial charge is 0.255 e. The second kappa shape index (κ2) is 8.01. The largest absolute Gasteiger partial charge is 0.366 e. The molecule has 0 aliphatic carbocycles. The number of halogens is 2. The molecule has 0 bridgehead atoms. The molecule has 0 radical (unpaired) electrons. The summed E-state index contributed by atoms with van der Waals surface area (Å²) in [5, 5.41) is 6.71. The minimum Gasteiger partial charge on any atom is -0.366 e. The molecule has 0 fully saturated rings. The molecule has 0 saturated carbocycles. The Balaban J connectivity index is 1.71. The maximum atomic E-state index is 12.5. The van der Waals surface area contributed by atoms with Crippen LogP contribution in [0, 0.1) is 0 Å². The summed E-state index contributed by atoms with van der Waals surface area (Å²) in [7, 11) is 0. The van der Waals surface area contributed by atoms with Gasteiger partial charge in [0.05, 0.1) is 15.7 Å². The van der Waals surface area contributed by atoms with E-state index in [9.17, 15) is 4.79 Å². The van der Waals surface area contributed by atoms with Gasteiger partial charge in [-0.25, -0.2) is 4.98 Å². The molecule has 0 aliphatic heterocycles. The summed E-state index contributed by atoms with van der Waals surface area (Å²) >= 11 is 12.2. The molecule has 0 unspecified atom stereocenters. The number of carbonyl (C=O) groups is 1. The summed E-state index contributed by atoms with van der Waals surface area (Å²) in [4.78, 5) is 16.7. The lowest BCUT2D eigenvalue weighted by Crippen LogP contribution is -2.13. The number of hydrogen-bond donors (Lipinski definition) is 2. The van der Waals surface area contributed by atoms with Crippen molar-refractivity contribution in [2.45, 2.75) is 6.54 Å². The van der Waals surface area contributed by atoms with Crippen LogP contribution in [0.25, 0.3) is 0 Å². The van der Waals surface area contributed by atoms with Crippen molar-refractivity contribution in [3.05, 3.63) is 88.0 Å². The Labute approximate surface area is 155 Å². The number of carbonyl (C=O) groups excluding carboxylic acids is 1. The van der Waals surface area contributed by atoms with E-state index in [4.69, 9.17) is 23.2 Å². The first-order valence-electron chi connectivity index (χ1n) is 7.63. The molecule has 1 amide bonds. The molecule has 2 aromatic carbocycles. The monoisotopic (exact) mass is 371 g/mol. The van der Waals surface area contributed by atoms with Crippen LogP contribution in [0.15, 0.2) is 66.9 Å². The number of anilines is 2. The van der Waals surface area contributed by atoms with Crippen LogP contribution < -0.4 is 10.6 Å². The summed E-state index contributed by atoms with van der Waals surface area (Å²) in [5.41, 5.74) is 1.98. The highest BCUT2D eigenvalue weighted by molar-refractivity contribution is 6.40. The number of hydrogen-bond acceptors (Lipinski definition) is 3. The average Bonchev–Trinajstić information content (AvgIpc) is 2.64. The van der Waals surface area contributed by atoms with Gasteiger partial charge in [-0.05, 0) is 29.8 Å². The first kappa shape index (κ1) is 17.3. The van der Waals surface area contributed by atoms with Gasteiger partial charge >= 0.3 is 0 Å². The molecule has 0 saturated heterocycles. The Morgan fingerprint density at radius 1 is 0.960 bits per heavy atom. The van der Waals surface area contributed by atoms with E-state index < -0.39 is 0 Å². The van der Waals surface area contributed by atoms with Crippen LogP contribution in [0.4, 0.5) is 11.5 Å². The highest BCUT2D eigenvalue weighted by atomic mass is 35.5. The Morgan fingerprint density at radius 3 is 2.40 bits per heavy atom. The zero-order valence-corrected chi connectivity index (χ0v) is 14.7. The standard InChI is InChI=1S/C19H15Cl2N3O/c20-15-7-4-8-16(21)18(15)24-19(25)14-9-10-22-17(11-14)23-12-13-5-2-1-3-6-13/h1-11H,12H2,(H,22,23)(H,24,25). The van der Waals surface area contributed by atoms with Gasteiger partial charge in [0.15, 0.2) is 0 Å². The number of pyridine rings is 1. The van der Waals surface area contributed by atoms with Gasteiger partial charge in [-0.3, -0.25) is 4.79 Å². The van der Waals surface area contributed by atoms with Crippen molar-refractivity contribution in [2.75, 3.05) is 10.6 Å². The van der Waals surface area contributed by atoms with Gasteiger partial charge < -0.3 is 10.6 Å². The Bertz CT molecular complexity index is 865. The third-order valence-corrected chi connectivity index (χ3v) is 4.17. The van der Waals surface area contributed by atoms with Crippen LogP contribution in [-0.2, 0) is 6.54 Å². The minimum atomic E-state index is -0.305. The van der Waals surface area contributed by atoms with E-state index in [0.717, 1.165) is 5.56 Å². The molecule has 6 heteroatoms. The van der Waals surface area contributed by atoms with E-state index in [1.807, 2.05) is 30.3 Å². The van der Waals surface area contributed by atoms with Crippen LogP contribution in [-0.4, -0.2) is 10.9 Å². The van der Waals surface area contributed by atoms with Gasteiger partial charge in [0, 0.05) is 18.3 Å². The summed E-state index contributed by atoms with van der Waals surface area (Å²) in [6.45, 7) is 0.620. The summed E-state index contributed by atoms with van der Waals surface area (Å²) in [5.74, 6) is 0.307. The Hall–Kier alpha value is -2.56. The van der Waals surface area contributed by atoms with Gasteiger partial charge in [0.1, 0.15) is 5.82 Å². The third-order valence-electron chi connectivity index (χ3n) is 3.54. The zero-order chi connectivity index (χ0) is 17.6. The molecule has 0 spiro atoms. The van der Waals surface area contributed by atoms with Gasteiger partial charge in [-0.2, -0.15) is 0 Å². The van der Waals surface area contributed by atoms with Gasteiger partial charge in [-0.1, -0.05) is 59.6 Å². The molecule has 3 rings (SSSR count). The molecule has 25 heavy (non-hydrogen) atoms. The predicted molar refractivity (Wildman–Crippen MR) is 102 cm³/mol. The molecule has 2 N–H and O–H groups in total. The van der Waals surface area contributed by atoms with E-state index in [1.165, 1.54) is 0 Å². The fraction of sp³-hybridized carbons (Fsp3) is 0.0526. The molecular weight excluding hydrogens is 357 g/mol. The fourth-order valence-corrected chi connectivity index (χ4v) is 2.75. The van der Waals surface area contributed by atoms with E-state index in [2.05, 4.69) is 15.6 Å². The predicted octanol–water partition coefficient (Wildman–Crippen LogP) is 5.25. The highest BCUT2D eigenvalue weighted by Gasteiger charge is 2.12. The fourth-order valence-electron chi connectivity index (χ4n) is 2.26. The first-order valence-corrected chi connectivity index (χ1v) is 8.38. The highest BCUT2D eigenvalue weighted by Crippen LogP contribution is 2.30. The lowest BCUT2D eigenvalue weighted by molar-refractivity contribution is 0.102. The lowest BCUT2D eigenvalue weighted by atomic mass is 10.2. The van der Waals surface area contributed by atoms with E-state index in [1.54, 1.807) is 36.5 Å². The number of para-hydroxylation sites is 1. The molecule has 4 nitrogen and oxygen atoms in total. The van der Waals surface area contributed by atoms with Crippen molar-refractivity contribution < 1.29 is 4.79 Å². The van der Waals surface area contributed by atoms with Crippen LogP contribution >= 0.6 is 23.2 Å². The van der Waals surface area contributed by atoms with Crippen molar-refractivity contribution in [2.24, 2.45) is 0 Å². The lowest BCUT2D eigenvalue weighted by Gasteiger charge is -2.10. The van der Waals surface area contributed by atoms with Crippen molar-refractivity contribution in [3.63, 3.8) is 0 Å². The average molecular weight is 372 g/mol. The molecule has 0 aliphatic rings. The van der Waals surface area contributed by atoms with E-state index in [0.29, 0.717) is 33.7 Å². The number of nitrogens with zero attached hydrogens (tertiary/aromatic N) is 1. The van der Waals surface area contributed by atoms with Crippen LogP contribution in [0.2, 0.25) is 10.0 Å². The third kappa shape index (κ3) is 4.50. The van der Waals surface area contributed by atoms with Gasteiger partial charge in [0.25, 0.3) is 5.91 Å². The van der Waals surface area contributed by atoms with Crippen LogP contribution in [0.3, 0.4) is 0 Å². The van der Waals surface area contributed by atoms with E-state index >= 15 is 0 Å². The maximum Gasteiger partial charge on any atom is 0.255 e. The number of benzene rings is 2. The molecule has 0 atom stereocenters. The van der Waals surface area contributed by atoms with Crippen LogP contribution in [0.1, 0.15) is 15.9 Å². The number of nitrogens with one attached hydrogen (secondary N) is 2. The minimum absolute atomic E-state index is 0.305. The number of rotatable bonds is 5. The summed E-state index contributed by atoms with van der Waals surface area (Å²) < 4.78 is 0. The second-order valence-corrected chi connectivity index (χ2v) is 6.13. The van der Waals surface area contributed by atoms with E-state index in [-0.39, 0.29) is 5.91 Å². The number of aromatic nitrogens is 1. The van der Waals surface area contributed by atoms with Gasteiger partial charge in [0.2, 0.25) is 0 Å². The topological polar surface area (TPSA) is 54.0 Å². The summed E-state index contributed by atoms with van der Waals surface area (Å²) in [6, 6.07) is 18.3.